The van der Waals surface area contributed by atoms with E-state index in [0.717, 1.165) is 13.0 Å². The van der Waals surface area contributed by atoms with Gasteiger partial charge >= 0.3 is 0 Å². The van der Waals surface area contributed by atoms with Crippen molar-refractivity contribution in [3.63, 3.8) is 0 Å². The number of rotatable bonds is 8. The maximum Gasteiger partial charge on any atom is 0.243 e. The smallest absolute Gasteiger partial charge is 0.243 e. The fourth-order valence-electron chi connectivity index (χ4n) is 1.31. The molecule has 18 heavy (non-hydrogen) atoms. The standard InChI is InChI=1S/C11H22N4O2S/c1-4-10(2)7-14-18(16,17)11-8-13-15(9-11)6-5-12-3/h8-10,12,14H,4-7H2,1-3H3. The highest BCUT2D eigenvalue weighted by atomic mass is 32.2. The van der Waals surface area contributed by atoms with Crippen molar-refractivity contribution in [3.8, 4) is 0 Å². The molecule has 0 saturated heterocycles. The van der Waals surface area contributed by atoms with Crippen LogP contribution in [0.5, 0.6) is 0 Å². The Labute approximate surface area is 109 Å². The van der Waals surface area contributed by atoms with E-state index in [9.17, 15) is 8.42 Å². The number of nitrogens with one attached hydrogen (secondary N) is 2. The average Bonchev–Trinajstić information content (AvgIpc) is 2.83. The molecule has 0 aliphatic rings. The summed E-state index contributed by atoms with van der Waals surface area (Å²) in [6, 6.07) is 0. The van der Waals surface area contributed by atoms with Crippen molar-refractivity contribution in [1.82, 2.24) is 19.8 Å². The first kappa shape index (κ1) is 15.1. The minimum absolute atomic E-state index is 0.224. The number of sulfonamides is 1. The molecule has 0 aromatic carbocycles. The molecule has 7 heteroatoms. The van der Waals surface area contributed by atoms with E-state index in [-0.39, 0.29) is 4.90 Å². The van der Waals surface area contributed by atoms with Gasteiger partial charge < -0.3 is 5.32 Å². The highest BCUT2D eigenvalue weighted by molar-refractivity contribution is 7.89. The van der Waals surface area contributed by atoms with Crippen LogP contribution in [0.2, 0.25) is 0 Å². The van der Waals surface area contributed by atoms with Crippen LogP contribution in [-0.2, 0) is 16.6 Å². The Hall–Kier alpha value is -0.920. The highest BCUT2D eigenvalue weighted by Gasteiger charge is 2.16. The molecule has 0 amide bonds. The van der Waals surface area contributed by atoms with Crippen molar-refractivity contribution in [2.45, 2.75) is 31.7 Å². The topological polar surface area (TPSA) is 76.0 Å². The summed E-state index contributed by atoms with van der Waals surface area (Å²) in [5.74, 6) is 0.333. The van der Waals surface area contributed by atoms with Gasteiger partial charge in [0.25, 0.3) is 0 Å². The third-order valence-corrected chi connectivity index (χ3v) is 4.21. The first-order valence-corrected chi connectivity index (χ1v) is 7.64. The summed E-state index contributed by atoms with van der Waals surface area (Å²) in [4.78, 5) is 0.224. The van der Waals surface area contributed by atoms with Gasteiger partial charge in [-0.25, -0.2) is 13.1 Å². The molecule has 1 aromatic heterocycles. The fraction of sp³-hybridized carbons (Fsp3) is 0.727. The zero-order valence-corrected chi connectivity index (χ0v) is 12.0. The molecule has 1 aromatic rings. The molecule has 0 radical (unpaired) electrons. The van der Waals surface area contributed by atoms with Gasteiger partial charge in [-0.15, -0.1) is 0 Å². The molecule has 1 unspecified atom stereocenters. The van der Waals surface area contributed by atoms with E-state index in [1.54, 1.807) is 10.9 Å². The maximum atomic E-state index is 12.0. The van der Waals surface area contributed by atoms with Gasteiger partial charge in [-0.1, -0.05) is 20.3 Å². The van der Waals surface area contributed by atoms with Crippen LogP contribution in [0, 0.1) is 5.92 Å². The molecule has 1 rings (SSSR count). The quantitative estimate of drug-likeness (QED) is 0.720. The Morgan fingerprint density at radius 1 is 1.50 bits per heavy atom. The summed E-state index contributed by atoms with van der Waals surface area (Å²) < 4.78 is 28.1. The molecule has 6 nitrogen and oxygen atoms in total. The van der Waals surface area contributed by atoms with Gasteiger partial charge in [0, 0.05) is 19.3 Å². The number of aromatic nitrogens is 2. The van der Waals surface area contributed by atoms with Crippen LogP contribution in [0.25, 0.3) is 0 Å². The maximum absolute atomic E-state index is 12.0. The summed E-state index contributed by atoms with van der Waals surface area (Å²) >= 11 is 0. The summed E-state index contributed by atoms with van der Waals surface area (Å²) in [6.45, 7) is 5.91. The van der Waals surface area contributed by atoms with Crippen LogP contribution < -0.4 is 10.0 Å². The van der Waals surface area contributed by atoms with E-state index in [4.69, 9.17) is 0 Å². The van der Waals surface area contributed by atoms with Gasteiger partial charge in [0.15, 0.2) is 0 Å². The van der Waals surface area contributed by atoms with E-state index in [1.807, 2.05) is 20.9 Å². The SMILES string of the molecule is CCC(C)CNS(=O)(=O)c1cnn(CCNC)c1. The Kier molecular flexibility index (Phi) is 5.77. The van der Waals surface area contributed by atoms with Gasteiger partial charge in [-0.05, 0) is 13.0 Å². The van der Waals surface area contributed by atoms with Crippen molar-refractivity contribution >= 4 is 10.0 Å². The third-order valence-electron chi connectivity index (χ3n) is 2.83. The Bertz CT molecular complexity index is 455. The van der Waals surface area contributed by atoms with E-state index in [1.165, 1.54) is 6.20 Å². The molecule has 0 spiro atoms. The van der Waals surface area contributed by atoms with Gasteiger partial charge in [0.1, 0.15) is 4.90 Å². The molecule has 0 aliphatic carbocycles. The van der Waals surface area contributed by atoms with Crippen LogP contribution >= 0.6 is 0 Å². The minimum Gasteiger partial charge on any atom is -0.318 e. The Morgan fingerprint density at radius 3 is 2.83 bits per heavy atom. The number of nitrogens with zero attached hydrogens (tertiary/aromatic N) is 2. The highest BCUT2D eigenvalue weighted by Crippen LogP contribution is 2.08. The monoisotopic (exact) mass is 274 g/mol. The van der Waals surface area contributed by atoms with E-state index in [0.29, 0.717) is 19.0 Å². The molecular formula is C11H22N4O2S. The molecule has 104 valence electrons. The van der Waals surface area contributed by atoms with Gasteiger partial charge in [0.2, 0.25) is 10.0 Å². The third kappa shape index (κ3) is 4.40. The van der Waals surface area contributed by atoms with Crippen LogP contribution in [-0.4, -0.2) is 38.3 Å². The first-order chi connectivity index (χ1) is 8.49. The van der Waals surface area contributed by atoms with Crippen molar-refractivity contribution in [2.24, 2.45) is 5.92 Å². The lowest BCUT2D eigenvalue weighted by molar-refractivity contribution is 0.528. The summed E-state index contributed by atoms with van der Waals surface area (Å²) in [5, 5.41) is 7.01. The molecular weight excluding hydrogens is 252 g/mol. The number of likely N-dealkylation sites (N-methyl/N-ethyl adjacent to an activating group) is 1. The van der Waals surface area contributed by atoms with Crippen LogP contribution in [0.4, 0.5) is 0 Å². The predicted molar refractivity (Wildman–Crippen MR) is 70.8 cm³/mol. The van der Waals surface area contributed by atoms with E-state index >= 15 is 0 Å². The predicted octanol–water partition coefficient (Wildman–Crippen LogP) is 0.427. The van der Waals surface area contributed by atoms with Gasteiger partial charge in [0.05, 0.1) is 12.7 Å². The zero-order valence-electron chi connectivity index (χ0n) is 11.2. The normalized spacial score (nSPS) is 13.7. The van der Waals surface area contributed by atoms with E-state index in [2.05, 4.69) is 15.1 Å². The molecule has 0 saturated carbocycles. The molecule has 0 fully saturated rings. The van der Waals surface area contributed by atoms with Crippen molar-refractivity contribution in [3.05, 3.63) is 12.4 Å². The number of hydrogen-bond acceptors (Lipinski definition) is 4. The van der Waals surface area contributed by atoms with Crippen LogP contribution in [0.15, 0.2) is 17.3 Å². The van der Waals surface area contributed by atoms with Gasteiger partial charge in [-0.2, -0.15) is 5.10 Å². The molecule has 1 heterocycles. The lowest BCUT2D eigenvalue weighted by atomic mass is 10.1. The Morgan fingerprint density at radius 2 is 2.22 bits per heavy atom. The van der Waals surface area contributed by atoms with Gasteiger partial charge in [-0.3, -0.25) is 4.68 Å². The second kappa shape index (κ2) is 6.86. The minimum atomic E-state index is -3.42. The second-order valence-electron chi connectivity index (χ2n) is 4.41. The largest absolute Gasteiger partial charge is 0.318 e. The van der Waals surface area contributed by atoms with Crippen LogP contribution in [0.3, 0.4) is 0 Å². The summed E-state index contributed by atoms with van der Waals surface area (Å²) in [5.41, 5.74) is 0. The Balaban J connectivity index is 2.64. The van der Waals surface area contributed by atoms with Crippen molar-refractivity contribution < 1.29 is 8.42 Å². The first-order valence-electron chi connectivity index (χ1n) is 6.16. The van der Waals surface area contributed by atoms with Crippen molar-refractivity contribution in [2.75, 3.05) is 20.1 Å². The van der Waals surface area contributed by atoms with Crippen LogP contribution in [0.1, 0.15) is 20.3 Å². The summed E-state index contributed by atoms with van der Waals surface area (Å²) in [7, 11) is -1.58. The molecule has 0 bridgehead atoms. The lowest BCUT2D eigenvalue weighted by Gasteiger charge is -2.09. The molecule has 0 aliphatic heterocycles. The zero-order chi connectivity index (χ0) is 13.6. The fourth-order valence-corrected chi connectivity index (χ4v) is 2.43. The molecule has 1 atom stereocenters. The summed E-state index contributed by atoms with van der Waals surface area (Å²) in [6.07, 6.45) is 3.88. The number of hydrogen-bond donors (Lipinski definition) is 2. The van der Waals surface area contributed by atoms with Crippen molar-refractivity contribution in [1.29, 1.82) is 0 Å². The lowest BCUT2D eigenvalue weighted by Crippen LogP contribution is -2.28. The molecule has 2 N–H and O–H groups in total. The van der Waals surface area contributed by atoms with E-state index < -0.39 is 10.0 Å². The second-order valence-corrected chi connectivity index (χ2v) is 6.17. The average molecular weight is 274 g/mol.